The molecule has 5 atom stereocenters. The number of benzene rings is 1. The molecule has 44 heavy (non-hydrogen) atoms. The molecule has 0 aromatic heterocycles. The monoisotopic (exact) mass is 617 g/mol. The average Bonchev–Trinajstić information content (AvgIpc) is 2.99. The highest BCUT2D eigenvalue weighted by molar-refractivity contribution is 5.69. The van der Waals surface area contributed by atoms with Gasteiger partial charge in [-0.2, -0.15) is 0 Å². The van der Waals surface area contributed by atoms with E-state index in [4.69, 9.17) is 9.47 Å². The lowest BCUT2D eigenvalue weighted by molar-refractivity contribution is -0.111. The molecule has 10 nitrogen and oxygen atoms in total. The summed E-state index contributed by atoms with van der Waals surface area (Å²) >= 11 is 0. The SMILES string of the molecule is C/C(=C\c1cc(F)cc(N2CCOCC2)c1)[C@@H](C=O)[C@@H](C)/C=C/[C@@H](OC(=O)N1CCN(C)CC1)[C@](C)(O)CC[C@@H](O)CC=O. The van der Waals surface area contributed by atoms with Crippen LogP contribution in [0.25, 0.3) is 6.08 Å². The summed E-state index contributed by atoms with van der Waals surface area (Å²) in [7, 11) is 1.97. The van der Waals surface area contributed by atoms with Crippen molar-refractivity contribution in [2.24, 2.45) is 11.8 Å². The minimum Gasteiger partial charge on any atom is -0.439 e. The molecule has 2 saturated heterocycles. The third kappa shape index (κ3) is 10.5. The Hall–Kier alpha value is -3.12. The average molecular weight is 618 g/mol. The van der Waals surface area contributed by atoms with Crippen LogP contribution in [0, 0.1) is 17.7 Å². The first-order valence-corrected chi connectivity index (χ1v) is 15.4. The molecule has 3 rings (SSSR count). The van der Waals surface area contributed by atoms with Crippen LogP contribution in [0.4, 0.5) is 14.9 Å². The standard InChI is InChI=1S/C33H48FN3O7/c1-24(30(23-39)25(2)19-26-20-27(34)22-28(21-26)36-14-17-43-18-15-36)5-6-31(33(3,42)9-7-29(40)8-16-38)44-32(41)37-12-10-35(4)11-13-37/h5-6,16,19-24,29-31,40,42H,7-15,17-18H2,1-4H3/b6-5+,25-19+/t24-,29+,30-,31+,33+/m0/s1. The van der Waals surface area contributed by atoms with Crippen molar-refractivity contribution in [2.75, 3.05) is 64.4 Å². The summed E-state index contributed by atoms with van der Waals surface area (Å²) in [5.74, 6) is -1.28. The fourth-order valence-corrected chi connectivity index (χ4v) is 5.46. The van der Waals surface area contributed by atoms with Crippen molar-refractivity contribution in [3.05, 3.63) is 47.3 Å². The molecule has 2 heterocycles. The molecule has 1 aromatic carbocycles. The Kier molecular flexibility index (Phi) is 13.5. The molecule has 0 spiro atoms. The van der Waals surface area contributed by atoms with Gasteiger partial charge in [0, 0.05) is 57.3 Å². The number of aliphatic hydroxyl groups excluding tert-OH is 1. The van der Waals surface area contributed by atoms with Crippen molar-refractivity contribution >= 4 is 30.4 Å². The van der Waals surface area contributed by atoms with Crippen molar-refractivity contribution in [3.63, 3.8) is 0 Å². The number of aldehydes is 2. The molecule has 244 valence electrons. The van der Waals surface area contributed by atoms with Crippen molar-refractivity contribution < 1.29 is 38.5 Å². The molecule has 0 bridgehead atoms. The molecule has 2 aliphatic rings. The number of allylic oxidation sites excluding steroid dienone is 2. The minimum atomic E-state index is -1.55. The predicted octanol–water partition coefficient (Wildman–Crippen LogP) is 3.31. The highest BCUT2D eigenvalue weighted by Crippen LogP contribution is 2.28. The van der Waals surface area contributed by atoms with Crippen LogP contribution in [-0.4, -0.2) is 116 Å². The van der Waals surface area contributed by atoms with Crippen LogP contribution >= 0.6 is 0 Å². The van der Waals surface area contributed by atoms with Crippen LogP contribution in [0.2, 0.25) is 0 Å². The fourth-order valence-electron chi connectivity index (χ4n) is 5.46. The van der Waals surface area contributed by atoms with Gasteiger partial charge in [0.15, 0.2) is 6.10 Å². The van der Waals surface area contributed by atoms with E-state index in [1.165, 1.54) is 19.1 Å². The molecule has 1 aromatic rings. The zero-order chi connectivity index (χ0) is 32.3. The second-order valence-electron chi connectivity index (χ2n) is 12.2. The van der Waals surface area contributed by atoms with E-state index < -0.39 is 29.8 Å². The number of anilines is 1. The van der Waals surface area contributed by atoms with Crippen LogP contribution < -0.4 is 4.90 Å². The Morgan fingerprint density at radius 1 is 1.11 bits per heavy atom. The first-order chi connectivity index (χ1) is 20.9. The van der Waals surface area contributed by atoms with Crippen LogP contribution in [0.3, 0.4) is 0 Å². The number of ether oxygens (including phenoxy) is 2. The molecule has 2 fully saturated rings. The number of hydrogen-bond donors (Lipinski definition) is 2. The summed E-state index contributed by atoms with van der Waals surface area (Å²) in [6.07, 6.45) is 4.18. The molecule has 1 amide bonds. The number of carbonyl (C=O) groups excluding carboxylic acids is 3. The lowest BCUT2D eigenvalue weighted by atomic mass is 9.85. The maximum absolute atomic E-state index is 14.5. The van der Waals surface area contributed by atoms with Gasteiger partial charge in [0.25, 0.3) is 0 Å². The molecular weight excluding hydrogens is 569 g/mol. The highest BCUT2D eigenvalue weighted by atomic mass is 19.1. The van der Waals surface area contributed by atoms with Gasteiger partial charge >= 0.3 is 6.09 Å². The number of piperazine rings is 1. The maximum atomic E-state index is 14.5. The van der Waals surface area contributed by atoms with Gasteiger partial charge in [-0.05, 0) is 69.5 Å². The first-order valence-electron chi connectivity index (χ1n) is 15.4. The lowest BCUT2D eigenvalue weighted by Gasteiger charge is -2.36. The van der Waals surface area contributed by atoms with E-state index in [0.717, 1.165) is 17.5 Å². The van der Waals surface area contributed by atoms with Gasteiger partial charge in [0.1, 0.15) is 24.0 Å². The first kappa shape index (κ1) is 35.4. The van der Waals surface area contributed by atoms with Gasteiger partial charge in [0.2, 0.25) is 0 Å². The Bertz CT molecular complexity index is 1160. The van der Waals surface area contributed by atoms with Crippen LogP contribution in [0.1, 0.15) is 45.6 Å². The summed E-state index contributed by atoms with van der Waals surface area (Å²) in [4.78, 5) is 41.9. The molecule has 0 unspecified atom stereocenters. The molecule has 0 radical (unpaired) electrons. The van der Waals surface area contributed by atoms with E-state index in [1.54, 1.807) is 23.1 Å². The van der Waals surface area contributed by atoms with Gasteiger partial charge in [-0.25, -0.2) is 9.18 Å². The molecule has 2 N–H and O–H groups in total. The van der Waals surface area contributed by atoms with E-state index in [9.17, 15) is 29.0 Å². The number of amides is 1. The highest BCUT2D eigenvalue weighted by Gasteiger charge is 2.35. The molecule has 0 saturated carbocycles. The van der Waals surface area contributed by atoms with Crippen molar-refractivity contribution in [3.8, 4) is 0 Å². The van der Waals surface area contributed by atoms with Gasteiger partial charge < -0.3 is 44.0 Å². The van der Waals surface area contributed by atoms with E-state index in [1.807, 2.05) is 27.0 Å². The normalized spacial score (nSPS) is 20.9. The summed E-state index contributed by atoms with van der Waals surface area (Å²) < 4.78 is 25.8. The van der Waals surface area contributed by atoms with E-state index in [0.29, 0.717) is 64.3 Å². The molecule has 11 heteroatoms. The number of carbonyl (C=O) groups is 3. The van der Waals surface area contributed by atoms with Crippen molar-refractivity contribution in [1.82, 2.24) is 9.80 Å². The zero-order valence-electron chi connectivity index (χ0n) is 26.4. The number of hydrogen-bond acceptors (Lipinski definition) is 9. The lowest BCUT2D eigenvalue weighted by Crippen LogP contribution is -2.50. The maximum Gasteiger partial charge on any atom is 0.410 e. The zero-order valence-corrected chi connectivity index (χ0v) is 26.4. The Morgan fingerprint density at radius 2 is 1.80 bits per heavy atom. The van der Waals surface area contributed by atoms with Gasteiger partial charge in [-0.1, -0.05) is 24.6 Å². The minimum absolute atomic E-state index is 0.0550. The number of halogens is 1. The summed E-state index contributed by atoms with van der Waals surface area (Å²) in [6, 6.07) is 4.82. The fraction of sp³-hybridized carbons (Fsp3) is 0.606. The Labute approximate surface area is 260 Å². The van der Waals surface area contributed by atoms with Crippen LogP contribution in [0.15, 0.2) is 35.9 Å². The number of morpholine rings is 1. The summed E-state index contributed by atoms with van der Waals surface area (Å²) in [5, 5.41) is 21.4. The third-order valence-electron chi connectivity index (χ3n) is 8.46. The number of aliphatic hydroxyl groups is 2. The van der Waals surface area contributed by atoms with Gasteiger partial charge in [-0.15, -0.1) is 0 Å². The van der Waals surface area contributed by atoms with Crippen LogP contribution in [-0.2, 0) is 19.1 Å². The number of nitrogens with zero attached hydrogens (tertiary/aromatic N) is 3. The predicted molar refractivity (Wildman–Crippen MR) is 167 cm³/mol. The Balaban J connectivity index is 1.79. The third-order valence-corrected chi connectivity index (χ3v) is 8.46. The topological polar surface area (TPSA) is 120 Å². The smallest absolute Gasteiger partial charge is 0.410 e. The Morgan fingerprint density at radius 3 is 2.43 bits per heavy atom. The largest absolute Gasteiger partial charge is 0.439 e. The van der Waals surface area contributed by atoms with Gasteiger partial charge in [0.05, 0.1) is 19.3 Å². The summed E-state index contributed by atoms with van der Waals surface area (Å²) in [6.45, 7) is 10.1. The second kappa shape index (κ2) is 16.8. The van der Waals surface area contributed by atoms with Gasteiger partial charge in [-0.3, -0.25) is 0 Å². The van der Waals surface area contributed by atoms with Crippen LogP contribution in [0.5, 0.6) is 0 Å². The van der Waals surface area contributed by atoms with E-state index in [-0.39, 0.29) is 31.0 Å². The molecule has 2 aliphatic heterocycles. The van der Waals surface area contributed by atoms with Crippen molar-refractivity contribution in [2.45, 2.75) is 57.8 Å². The quantitative estimate of drug-likeness (QED) is 0.239. The number of rotatable bonds is 14. The van der Waals surface area contributed by atoms with E-state index >= 15 is 0 Å². The van der Waals surface area contributed by atoms with E-state index in [2.05, 4.69) is 9.80 Å². The van der Waals surface area contributed by atoms with Crippen molar-refractivity contribution in [1.29, 1.82) is 0 Å². The summed E-state index contributed by atoms with van der Waals surface area (Å²) in [5.41, 5.74) is 0.572. The second-order valence-corrected chi connectivity index (χ2v) is 12.2. The number of likely N-dealkylation sites (N-methyl/N-ethyl adjacent to an activating group) is 1. The molecule has 0 aliphatic carbocycles. The molecular formula is C33H48FN3O7.